The molecule has 2 heterocycles. The number of hydrogen-bond donors (Lipinski definition) is 0. The summed E-state index contributed by atoms with van der Waals surface area (Å²) in [5.74, 6) is -2.21. The summed E-state index contributed by atoms with van der Waals surface area (Å²) in [7, 11) is 0. The zero-order chi connectivity index (χ0) is 14.3. The summed E-state index contributed by atoms with van der Waals surface area (Å²) < 4.78 is 28.4. The van der Waals surface area contributed by atoms with Crippen molar-refractivity contribution >= 4 is 34.1 Å². The van der Waals surface area contributed by atoms with Crippen LogP contribution in [0.5, 0.6) is 0 Å². The Morgan fingerprint density at radius 1 is 1.30 bits per heavy atom. The molecule has 0 saturated heterocycles. The summed E-state index contributed by atoms with van der Waals surface area (Å²) in [5, 5.41) is 1.57. The summed E-state index contributed by atoms with van der Waals surface area (Å²) in [6.45, 7) is 0.719. The monoisotopic (exact) mass is 318 g/mol. The molecule has 0 spiro atoms. The third-order valence-electron chi connectivity index (χ3n) is 3.98. The molecule has 2 aromatic heterocycles. The van der Waals surface area contributed by atoms with Crippen molar-refractivity contribution in [2.24, 2.45) is 5.92 Å². The third kappa shape index (κ3) is 2.77. The molecule has 1 saturated carbocycles. The SMILES string of the molecule is FC1(F)CCC(Cn2ccc3c(Cl)nc(Cl)cc32)CC1. The fourth-order valence-electron chi connectivity index (χ4n) is 2.84. The number of nitrogens with zero attached hydrogens (tertiary/aromatic N) is 2. The number of rotatable bonds is 2. The van der Waals surface area contributed by atoms with E-state index in [1.165, 1.54) is 0 Å². The van der Waals surface area contributed by atoms with E-state index in [0.717, 1.165) is 17.4 Å². The molecule has 0 amide bonds. The van der Waals surface area contributed by atoms with Crippen LogP contribution in [0.1, 0.15) is 25.7 Å². The highest BCUT2D eigenvalue weighted by Crippen LogP contribution is 2.37. The van der Waals surface area contributed by atoms with Gasteiger partial charge < -0.3 is 4.57 Å². The van der Waals surface area contributed by atoms with Crippen LogP contribution in [0.4, 0.5) is 8.78 Å². The van der Waals surface area contributed by atoms with E-state index in [4.69, 9.17) is 23.2 Å². The van der Waals surface area contributed by atoms with Gasteiger partial charge in [-0.15, -0.1) is 0 Å². The van der Waals surface area contributed by atoms with Crippen LogP contribution in [0, 0.1) is 5.92 Å². The Kier molecular flexibility index (Phi) is 3.63. The summed E-state index contributed by atoms with van der Waals surface area (Å²) >= 11 is 12.0. The van der Waals surface area contributed by atoms with Crippen LogP contribution in [-0.2, 0) is 6.54 Å². The maximum atomic E-state index is 13.2. The molecule has 0 radical (unpaired) electrons. The van der Waals surface area contributed by atoms with Crippen molar-refractivity contribution < 1.29 is 8.78 Å². The second-order valence-electron chi connectivity index (χ2n) is 5.44. The van der Waals surface area contributed by atoms with Crippen molar-refractivity contribution in [2.45, 2.75) is 38.2 Å². The molecule has 2 aromatic rings. The first-order valence-electron chi connectivity index (χ1n) is 6.63. The number of fused-ring (bicyclic) bond motifs is 1. The largest absolute Gasteiger partial charge is 0.347 e. The lowest BCUT2D eigenvalue weighted by Gasteiger charge is -2.28. The molecular weight excluding hydrogens is 305 g/mol. The average molecular weight is 319 g/mol. The molecule has 0 unspecified atom stereocenters. The third-order valence-corrected chi connectivity index (χ3v) is 4.46. The summed E-state index contributed by atoms with van der Waals surface area (Å²) in [6, 6.07) is 3.65. The Morgan fingerprint density at radius 2 is 2.00 bits per heavy atom. The molecule has 2 nitrogen and oxygen atoms in total. The molecule has 0 atom stereocenters. The van der Waals surface area contributed by atoms with Crippen LogP contribution in [0.3, 0.4) is 0 Å². The smallest absolute Gasteiger partial charge is 0.248 e. The Morgan fingerprint density at radius 3 is 2.70 bits per heavy atom. The van der Waals surface area contributed by atoms with E-state index in [1.807, 2.05) is 16.8 Å². The first-order valence-corrected chi connectivity index (χ1v) is 7.39. The van der Waals surface area contributed by atoms with Gasteiger partial charge in [0.15, 0.2) is 0 Å². The van der Waals surface area contributed by atoms with E-state index >= 15 is 0 Å². The Bertz CT molecular complexity index is 629. The average Bonchev–Trinajstić information content (AvgIpc) is 2.75. The number of halogens is 4. The van der Waals surface area contributed by atoms with Crippen LogP contribution in [0.25, 0.3) is 10.9 Å². The van der Waals surface area contributed by atoms with E-state index < -0.39 is 5.92 Å². The minimum Gasteiger partial charge on any atom is -0.347 e. The van der Waals surface area contributed by atoms with Crippen LogP contribution < -0.4 is 0 Å². The second kappa shape index (κ2) is 5.15. The Balaban J connectivity index is 1.82. The molecule has 1 fully saturated rings. The van der Waals surface area contributed by atoms with Gasteiger partial charge >= 0.3 is 0 Å². The van der Waals surface area contributed by atoms with Gasteiger partial charge in [-0.1, -0.05) is 23.2 Å². The van der Waals surface area contributed by atoms with Crippen molar-refractivity contribution in [3.05, 3.63) is 28.6 Å². The lowest BCUT2D eigenvalue weighted by molar-refractivity contribution is -0.0472. The van der Waals surface area contributed by atoms with Gasteiger partial charge in [-0.3, -0.25) is 0 Å². The molecule has 0 aliphatic heterocycles. The predicted molar refractivity (Wildman–Crippen MR) is 76.7 cm³/mol. The summed E-state index contributed by atoms with van der Waals surface area (Å²) in [5.41, 5.74) is 0.910. The lowest BCUT2D eigenvalue weighted by Crippen LogP contribution is -2.26. The van der Waals surface area contributed by atoms with Crippen molar-refractivity contribution in [3.63, 3.8) is 0 Å². The van der Waals surface area contributed by atoms with E-state index in [1.54, 1.807) is 6.07 Å². The topological polar surface area (TPSA) is 17.8 Å². The fraction of sp³-hybridized carbons (Fsp3) is 0.500. The number of alkyl halides is 2. The minimum absolute atomic E-state index is 0.0140. The molecule has 6 heteroatoms. The van der Waals surface area contributed by atoms with Crippen molar-refractivity contribution in [2.75, 3.05) is 0 Å². The lowest BCUT2D eigenvalue weighted by atomic mass is 9.87. The first kappa shape index (κ1) is 14.1. The van der Waals surface area contributed by atoms with Gasteiger partial charge in [0.25, 0.3) is 0 Å². The minimum atomic E-state index is -2.48. The van der Waals surface area contributed by atoms with Crippen molar-refractivity contribution in [3.8, 4) is 0 Å². The molecule has 20 heavy (non-hydrogen) atoms. The van der Waals surface area contributed by atoms with E-state index in [9.17, 15) is 8.78 Å². The predicted octanol–water partition coefficient (Wildman–Crippen LogP) is 5.17. The highest BCUT2D eigenvalue weighted by atomic mass is 35.5. The first-order chi connectivity index (χ1) is 9.44. The van der Waals surface area contributed by atoms with Crippen LogP contribution in [-0.4, -0.2) is 15.5 Å². The van der Waals surface area contributed by atoms with Crippen LogP contribution in [0.2, 0.25) is 10.3 Å². The molecule has 108 valence electrons. The van der Waals surface area contributed by atoms with Crippen molar-refractivity contribution in [1.29, 1.82) is 0 Å². The fourth-order valence-corrected chi connectivity index (χ4v) is 3.32. The molecule has 3 rings (SSSR count). The van der Waals surface area contributed by atoms with E-state index in [0.29, 0.717) is 23.1 Å². The van der Waals surface area contributed by atoms with Gasteiger partial charge in [0.2, 0.25) is 5.92 Å². The molecule has 0 bridgehead atoms. The quantitative estimate of drug-likeness (QED) is 0.698. The van der Waals surface area contributed by atoms with Gasteiger partial charge in [0, 0.05) is 31.0 Å². The molecule has 1 aliphatic carbocycles. The maximum absolute atomic E-state index is 13.2. The molecule has 1 aliphatic rings. The van der Waals surface area contributed by atoms with Gasteiger partial charge in [0.05, 0.1) is 5.52 Å². The Hall–Kier alpha value is -0.870. The standard InChI is InChI=1S/C14H14Cl2F2N2/c15-12-7-11-10(13(16)19-12)3-6-20(11)8-9-1-4-14(17,18)5-2-9/h3,6-7,9H,1-2,4-5,8H2. The molecule has 0 aromatic carbocycles. The van der Waals surface area contributed by atoms with Crippen molar-refractivity contribution in [1.82, 2.24) is 9.55 Å². The van der Waals surface area contributed by atoms with Gasteiger partial charge in [-0.25, -0.2) is 13.8 Å². The number of pyridine rings is 1. The maximum Gasteiger partial charge on any atom is 0.248 e. The van der Waals surface area contributed by atoms with Crippen LogP contribution >= 0.6 is 23.2 Å². The highest BCUT2D eigenvalue weighted by Gasteiger charge is 2.34. The highest BCUT2D eigenvalue weighted by molar-refractivity contribution is 6.36. The van der Waals surface area contributed by atoms with E-state index in [-0.39, 0.29) is 18.8 Å². The second-order valence-corrected chi connectivity index (χ2v) is 6.18. The molecule has 0 N–H and O–H groups in total. The zero-order valence-electron chi connectivity index (χ0n) is 10.8. The Labute approximate surface area is 125 Å². The van der Waals surface area contributed by atoms with E-state index in [2.05, 4.69) is 4.98 Å². The van der Waals surface area contributed by atoms with Crippen LogP contribution in [0.15, 0.2) is 18.3 Å². The zero-order valence-corrected chi connectivity index (χ0v) is 12.3. The normalized spacial score (nSPS) is 19.6. The molecular formula is C14H14Cl2F2N2. The number of hydrogen-bond acceptors (Lipinski definition) is 1. The summed E-state index contributed by atoms with van der Waals surface area (Å²) in [6.07, 6.45) is 3.00. The number of aromatic nitrogens is 2. The van der Waals surface area contributed by atoms with Gasteiger partial charge in [0.1, 0.15) is 10.3 Å². The van der Waals surface area contributed by atoms with Gasteiger partial charge in [-0.2, -0.15) is 0 Å². The van der Waals surface area contributed by atoms with Gasteiger partial charge in [-0.05, 0) is 30.9 Å². The summed E-state index contributed by atoms with van der Waals surface area (Å²) in [4.78, 5) is 4.00.